The fraction of sp³-hybridized carbons (Fsp3) is 0.357. The first-order chi connectivity index (χ1) is 9.79. The molecule has 3 rings (SSSR count). The number of aromatic nitrogens is 2. The molecule has 0 radical (unpaired) electrons. The van der Waals surface area contributed by atoms with Crippen LogP contribution in [-0.4, -0.2) is 29.7 Å². The predicted octanol–water partition coefficient (Wildman–Crippen LogP) is 2.56. The van der Waals surface area contributed by atoms with E-state index in [-0.39, 0.29) is 5.91 Å². The highest BCUT2D eigenvalue weighted by Gasteiger charge is 2.24. The average molecular weight is 288 g/mol. The van der Waals surface area contributed by atoms with E-state index in [1.165, 1.54) is 16.9 Å². The second kappa shape index (κ2) is 5.58. The molecule has 1 amide bonds. The SMILES string of the molecule is CNc1nnc(C(=O)N2CCCCc3ccccc32)s1. The fourth-order valence-electron chi connectivity index (χ4n) is 2.43. The van der Waals surface area contributed by atoms with Crippen molar-refractivity contribution >= 4 is 28.1 Å². The van der Waals surface area contributed by atoms with Gasteiger partial charge in [-0.25, -0.2) is 0 Å². The smallest absolute Gasteiger partial charge is 0.289 e. The van der Waals surface area contributed by atoms with E-state index in [9.17, 15) is 4.79 Å². The summed E-state index contributed by atoms with van der Waals surface area (Å²) < 4.78 is 0. The normalized spacial score (nSPS) is 14.6. The monoisotopic (exact) mass is 288 g/mol. The Kier molecular flexibility index (Phi) is 3.64. The Morgan fingerprint density at radius 1 is 1.30 bits per heavy atom. The zero-order chi connectivity index (χ0) is 13.9. The van der Waals surface area contributed by atoms with Crippen LogP contribution in [0.25, 0.3) is 0 Å². The minimum absolute atomic E-state index is 0.0571. The lowest BCUT2D eigenvalue weighted by Crippen LogP contribution is -2.31. The lowest BCUT2D eigenvalue weighted by molar-refractivity contribution is 0.0986. The van der Waals surface area contributed by atoms with Crippen LogP contribution in [0.2, 0.25) is 0 Å². The van der Waals surface area contributed by atoms with Gasteiger partial charge in [-0.05, 0) is 30.9 Å². The summed E-state index contributed by atoms with van der Waals surface area (Å²) in [5.41, 5.74) is 2.24. The number of anilines is 2. The first-order valence-corrected chi connectivity index (χ1v) is 7.52. The largest absolute Gasteiger partial charge is 0.363 e. The maximum absolute atomic E-state index is 12.7. The van der Waals surface area contributed by atoms with Crippen molar-refractivity contribution in [2.24, 2.45) is 0 Å². The van der Waals surface area contributed by atoms with Gasteiger partial charge >= 0.3 is 0 Å². The number of hydrogen-bond acceptors (Lipinski definition) is 5. The van der Waals surface area contributed by atoms with Gasteiger partial charge in [0, 0.05) is 19.3 Å². The number of benzene rings is 1. The third-order valence-corrected chi connectivity index (χ3v) is 4.36. The predicted molar refractivity (Wildman–Crippen MR) is 80.5 cm³/mol. The second-order valence-electron chi connectivity index (χ2n) is 4.70. The fourth-order valence-corrected chi connectivity index (χ4v) is 3.07. The van der Waals surface area contributed by atoms with Crippen LogP contribution in [-0.2, 0) is 6.42 Å². The highest BCUT2D eigenvalue weighted by Crippen LogP contribution is 2.28. The molecule has 0 spiro atoms. The summed E-state index contributed by atoms with van der Waals surface area (Å²) >= 11 is 1.29. The Morgan fingerprint density at radius 3 is 2.95 bits per heavy atom. The Morgan fingerprint density at radius 2 is 2.15 bits per heavy atom. The molecule has 0 unspecified atom stereocenters. The van der Waals surface area contributed by atoms with Gasteiger partial charge in [0.1, 0.15) is 0 Å². The van der Waals surface area contributed by atoms with E-state index in [0.717, 1.165) is 31.5 Å². The minimum atomic E-state index is -0.0571. The van der Waals surface area contributed by atoms with Crippen molar-refractivity contribution in [2.45, 2.75) is 19.3 Å². The quantitative estimate of drug-likeness (QED) is 0.922. The van der Waals surface area contributed by atoms with Gasteiger partial charge in [0.15, 0.2) is 0 Å². The Bertz CT molecular complexity index is 625. The molecule has 0 saturated heterocycles. The summed E-state index contributed by atoms with van der Waals surface area (Å²) in [7, 11) is 1.77. The standard InChI is InChI=1S/C14H16N4OS/c1-15-14-17-16-12(20-14)13(19)18-9-5-4-7-10-6-2-3-8-11(10)18/h2-3,6,8H,4-5,7,9H2,1H3,(H,15,17). The van der Waals surface area contributed by atoms with Gasteiger partial charge in [0.05, 0.1) is 0 Å². The summed E-state index contributed by atoms with van der Waals surface area (Å²) in [6.07, 6.45) is 3.15. The van der Waals surface area contributed by atoms with Crippen LogP contribution in [0.1, 0.15) is 28.2 Å². The molecule has 1 aliphatic heterocycles. The maximum Gasteiger partial charge on any atom is 0.289 e. The van der Waals surface area contributed by atoms with Gasteiger partial charge in [0.2, 0.25) is 10.1 Å². The summed E-state index contributed by atoms with van der Waals surface area (Å²) in [6.45, 7) is 0.740. The van der Waals surface area contributed by atoms with Crippen molar-refractivity contribution in [1.82, 2.24) is 10.2 Å². The lowest BCUT2D eigenvalue weighted by atomic mass is 10.1. The first-order valence-electron chi connectivity index (χ1n) is 6.70. The summed E-state index contributed by atoms with van der Waals surface area (Å²) in [5.74, 6) is -0.0571. The third kappa shape index (κ3) is 2.38. The van der Waals surface area contributed by atoms with Crippen LogP contribution < -0.4 is 10.2 Å². The van der Waals surface area contributed by atoms with Crippen molar-refractivity contribution in [2.75, 3.05) is 23.8 Å². The number of hydrogen-bond donors (Lipinski definition) is 1. The average Bonchev–Trinajstić information content (AvgIpc) is 2.86. The summed E-state index contributed by atoms with van der Waals surface area (Å²) in [6, 6.07) is 8.11. The van der Waals surface area contributed by atoms with Gasteiger partial charge in [0.25, 0.3) is 5.91 Å². The number of fused-ring (bicyclic) bond motifs is 1. The van der Waals surface area contributed by atoms with E-state index in [0.29, 0.717) is 10.1 Å². The number of rotatable bonds is 2. The first kappa shape index (κ1) is 13.1. The molecule has 0 saturated carbocycles. The second-order valence-corrected chi connectivity index (χ2v) is 5.68. The lowest BCUT2D eigenvalue weighted by Gasteiger charge is -2.21. The zero-order valence-electron chi connectivity index (χ0n) is 11.3. The highest BCUT2D eigenvalue weighted by atomic mass is 32.1. The number of carbonyl (C=O) groups excluding carboxylic acids is 1. The van der Waals surface area contributed by atoms with Crippen LogP contribution >= 0.6 is 11.3 Å². The summed E-state index contributed by atoms with van der Waals surface area (Å²) in [4.78, 5) is 14.5. The van der Waals surface area contributed by atoms with Gasteiger partial charge in [-0.3, -0.25) is 4.79 Å². The van der Waals surface area contributed by atoms with Crippen molar-refractivity contribution in [1.29, 1.82) is 0 Å². The Balaban J connectivity index is 1.94. The molecule has 2 aromatic rings. The van der Waals surface area contributed by atoms with Crippen LogP contribution in [0, 0.1) is 0 Å². The van der Waals surface area contributed by atoms with Crippen LogP contribution in [0.3, 0.4) is 0 Å². The van der Waals surface area contributed by atoms with E-state index in [1.54, 1.807) is 7.05 Å². The van der Waals surface area contributed by atoms with Crippen molar-refractivity contribution in [3.05, 3.63) is 34.8 Å². The summed E-state index contributed by atoms with van der Waals surface area (Å²) in [5, 5.41) is 11.9. The molecular weight excluding hydrogens is 272 g/mol. The molecule has 5 nitrogen and oxygen atoms in total. The number of nitrogens with zero attached hydrogens (tertiary/aromatic N) is 3. The van der Waals surface area contributed by atoms with Crippen molar-refractivity contribution in [3.8, 4) is 0 Å². The molecule has 1 aromatic carbocycles. The molecule has 1 aliphatic rings. The Labute approximate surface area is 121 Å². The van der Waals surface area contributed by atoms with Gasteiger partial charge in [-0.1, -0.05) is 29.5 Å². The molecule has 0 bridgehead atoms. The zero-order valence-corrected chi connectivity index (χ0v) is 12.1. The molecule has 0 fully saturated rings. The number of carbonyl (C=O) groups is 1. The molecular formula is C14H16N4OS. The van der Waals surface area contributed by atoms with E-state index in [2.05, 4.69) is 21.6 Å². The number of para-hydroxylation sites is 1. The number of amides is 1. The topological polar surface area (TPSA) is 58.1 Å². The van der Waals surface area contributed by atoms with Crippen LogP contribution in [0.4, 0.5) is 10.8 Å². The van der Waals surface area contributed by atoms with E-state index in [1.807, 2.05) is 23.1 Å². The third-order valence-electron chi connectivity index (χ3n) is 3.43. The minimum Gasteiger partial charge on any atom is -0.363 e. The maximum atomic E-state index is 12.7. The van der Waals surface area contributed by atoms with Gasteiger partial charge in [-0.2, -0.15) is 0 Å². The number of aryl methyl sites for hydroxylation is 1. The highest BCUT2D eigenvalue weighted by molar-refractivity contribution is 7.17. The van der Waals surface area contributed by atoms with Crippen molar-refractivity contribution in [3.63, 3.8) is 0 Å². The molecule has 104 valence electrons. The molecule has 0 aliphatic carbocycles. The van der Waals surface area contributed by atoms with E-state index in [4.69, 9.17) is 0 Å². The van der Waals surface area contributed by atoms with Crippen LogP contribution in [0.5, 0.6) is 0 Å². The van der Waals surface area contributed by atoms with Crippen LogP contribution in [0.15, 0.2) is 24.3 Å². The molecule has 6 heteroatoms. The molecule has 2 heterocycles. The Hall–Kier alpha value is -1.95. The van der Waals surface area contributed by atoms with Gasteiger partial charge < -0.3 is 10.2 Å². The molecule has 0 atom stereocenters. The number of nitrogens with one attached hydrogen (secondary N) is 1. The van der Waals surface area contributed by atoms with E-state index >= 15 is 0 Å². The van der Waals surface area contributed by atoms with Gasteiger partial charge in [-0.15, -0.1) is 10.2 Å². The molecule has 20 heavy (non-hydrogen) atoms. The van der Waals surface area contributed by atoms with E-state index < -0.39 is 0 Å². The molecule has 1 N–H and O–H groups in total. The molecule has 1 aromatic heterocycles. The van der Waals surface area contributed by atoms with Crippen molar-refractivity contribution < 1.29 is 4.79 Å².